The Balaban J connectivity index is 2.89. The topological polar surface area (TPSA) is 55.6 Å². The van der Waals surface area contributed by atoms with E-state index in [0.717, 1.165) is 0 Å². The Morgan fingerprint density at radius 1 is 1.56 bits per heavy atom. The summed E-state index contributed by atoms with van der Waals surface area (Å²) in [6.45, 7) is 5.05. The summed E-state index contributed by atoms with van der Waals surface area (Å²) < 4.78 is 4.97. The van der Waals surface area contributed by atoms with Crippen LogP contribution in [-0.4, -0.2) is 37.6 Å². The molecule has 0 unspecified atom stereocenters. The van der Waals surface area contributed by atoms with E-state index in [-0.39, 0.29) is 5.91 Å². The molecule has 0 atom stereocenters. The zero-order valence-corrected chi connectivity index (χ0v) is 11.1. The van der Waals surface area contributed by atoms with E-state index in [2.05, 4.69) is 6.58 Å². The van der Waals surface area contributed by atoms with Crippen molar-refractivity contribution in [3.63, 3.8) is 0 Å². The Kier molecular flexibility index (Phi) is 5.68. The maximum Gasteiger partial charge on any atom is 0.254 e. The second kappa shape index (κ2) is 7.03. The van der Waals surface area contributed by atoms with E-state index in [1.807, 2.05) is 0 Å². The van der Waals surface area contributed by atoms with Crippen LogP contribution in [0.5, 0.6) is 0 Å². The van der Waals surface area contributed by atoms with Gasteiger partial charge in [0.15, 0.2) is 0 Å². The lowest BCUT2D eigenvalue weighted by atomic mass is 10.1. The third-order valence-corrected chi connectivity index (χ3v) is 2.59. The van der Waals surface area contributed by atoms with Gasteiger partial charge in [-0.05, 0) is 18.2 Å². The molecule has 98 valence electrons. The van der Waals surface area contributed by atoms with Crippen LogP contribution in [0, 0.1) is 0 Å². The molecule has 0 aliphatic rings. The van der Waals surface area contributed by atoms with Crippen LogP contribution in [0.25, 0.3) is 0 Å². The van der Waals surface area contributed by atoms with Crippen LogP contribution in [0.3, 0.4) is 0 Å². The zero-order valence-electron chi connectivity index (χ0n) is 10.4. The number of carbonyl (C=O) groups is 1. The minimum atomic E-state index is -0.138. The molecule has 0 saturated carbocycles. The standard InChI is InChI=1S/C13H17ClN2O2/c1-3-4-16(5-6-18-2)13(17)10-7-11(14)9-12(15)8-10/h3,7-9H,1,4-6,15H2,2H3. The van der Waals surface area contributed by atoms with E-state index >= 15 is 0 Å². The first-order chi connectivity index (χ1) is 8.58. The highest BCUT2D eigenvalue weighted by Crippen LogP contribution is 2.18. The van der Waals surface area contributed by atoms with Gasteiger partial charge in [0.25, 0.3) is 5.91 Å². The number of benzene rings is 1. The number of nitrogen functional groups attached to an aromatic ring is 1. The van der Waals surface area contributed by atoms with Gasteiger partial charge in [-0.25, -0.2) is 0 Å². The van der Waals surface area contributed by atoms with Crippen LogP contribution in [0.1, 0.15) is 10.4 Å². The van der Waals surface area contributed by atoms with Crippen molar-refractivity contribution >= 4 is 23.2 Å². The summed E-state index contributed by atoms with van der Waals surface area (Å²) in [5.41, 5.74) is 6.61. The van der Waals surface area contributed by atoms with Crippen LogP contribution < -0.4 is 5.73 Å². The number of nitrogens with zero attached hydrogens (tertiary/aromatic N) is 1. The summed E-state index contributed by atoms with van der Waals surface area (Å²) in [6, 6.07) is 4.81. The number of carbonyl (C=O) groups excluding carboxylic acids is 1. The van der Waals surface area contributed by atoms with Gasteiger partial charge in [0, 0.05) is 36.5 Å². The summed E-state index contributed by atoms with van der Waals surface area (Å²) in [4.78, 5) is 13.9. The molecule has 1 rings (SSSR count). The second-order valence-electron chi connectivity index (χ2n) is 3.81. The Morgan fingerprint density at radius 3 is 2.83 bits per heavy atom. The third kappa shape index (κ3) is 4.05. The van der Waals surface area contributed by atoms with Gasteiger partial charge >= 0.3 is 0 Å². The minimum Gasteiger partial charge on any atom is -0.399 e. The molecule has 0 fully saturated rings. The molecule has 1 aromatic rings. The molecule has 0 aliphatic heterocycles. The molecule has 1 aromatic carbocycles. The van der Waals surface area contributed by atoms with Crippen LogP contribution in [-0.2, 0) is 4.74 Å². The molecule has 0 spiro atoms. The van der Waals surface area contributed by atoms with E-state index in [1.165, 1.54) is 0 Å². The van der Waals surface area contributed by atoms with E-state index < -0.39 is 0 Å². The number of hydrogen-bond donors (Lipinski definition) is 1. The molecular formula is C13H17ClN2O2. The monoisotopic (exact) mass is 268 g/mol. The molecule has 0 saturated heterocycles. The highest BCUT2D eigenvalue weighted by atomic mass is 35.5. The minimum absolute atomic E-state index is 0.138. The number of halogens is 1. The molecule has 0 radical (unpaired) electrons. The number of nitrogens with two attached hydrogens (primary N) is 1. The van der Waals surface area contributed by atoms with Gasteiger partial charge in [0.2, 0.25) is 0 Å². The van der Waals surface area contributed by atoms with Crippen LogP contribution in [0.2, 0.25) is 5.02 Å². The summed E-state index contributed by atoms with van der Waals surface area (Å²) in [7, 11) is 1.59. The molecular weight excluding hydrogens is 252 g/mol. The lowest BCUT2D eigenvalue weighted by Crippen LogP contribution is -2.34. The SMILES string of the molecule is C=CCN(CCOC)C(=O)c1cc(N)cc(Cl)c1. The molecule has 2 N–H and O–H groups in total. The Hall–Kier alpha value is -1.52. The smallest absolute Gasteiger partial charge is 0.254 e. The first-order valence-corrected chi connectivity index (χ1v) is 5.91. The molecule has 0 aliphatic carbocycles. The molecule has 18 heavy (non-hydrogen) atoms. The molecule has 1 amide bonds. The normalized spacial score (nSPS) is 10.1. The van der Waals surface area contributed by atoms with Crippen LogP contribution >= 0.6 is 11.6 Å². The Bertz CT molecular complexity index is 415. The average Bonchev–Trinajstić information content (AvgIpc) is 2.32. The average molecular weight is 269 g/mol. The predicted octanol–water partition coefficient (Wildman–Crippen LogP) is 2.20. The second-order valence-corrected chi connectivity index (χ2v) is 4.24. The molecule has 4 nitrogen and oxygen atoms in total. The lowest BCUT2D eigenvalue weighted by molar-refractivity contribution is 0.0718. The molecule has 0 heterocycles. The third-order valence-electron chi connectivity index (χ3n) is 2.37. The fourth-order valence-electron chi connectivity index (χ4n) is 1.55. The first-order valence-electron chi connectivity index (χ1n) is 5.53. The van der Waals surface area contributed by atoms with Crippen molar-refractivity contribution < 1.29 is 9.53 Å². The van der Waals surface area contributed by atoms with Gasteiger partial charge in [0.05, 0.1) is 6.61 Å². The van der Waals surface area contributed by atoms with Crippen molar-refractivity contribution in [1.29, 1.82) is 0 Å². The van der Waals surface area contributed by atoms with E-state index in [9.17, 15) is 4.79 Å². The van der Waals surface area contributed by atoms with E-state index in [0.29, 0.717) is 36.0 Å². The Morgan fingerprint density at radius 2 is 2.28 bits per heavy atom. The number of rotatable bonds is 6. The van der Waals surface area contributed by atoms with Crippen LogP contribution in [0.4, 0.5) is 5.69 Å². The summed E-state index contributed by atoms with van der Waals surface area (Å²) in [5, 5.41) is 0.448. The van der Waals surface area contributed by atoms with Gasteiger partial charge < -0.3 is 15.4 Å². The fraction of sp³-hybridized carbons (Fsp3) is 0.308. The number of hydrogen-bond acceptors (Lipinski definition) is 3. The van der Waals surface area contributed by atoms with Crippen molar-refractivity contribution in [2.75, 3.05) is 32.5 Å². The maximum absolute atomic E-state index is 12.3. The Labute approximate surface area is 112 Å². The van der Waals surface area contributed by atoms with Gasteiger partial charge in [-0.1, -0.05) is 17.7 Å². The van der Waals surface area contributed by atoms with Crippen LogP contribution in [0.15, 0.2) is 30.9 Å². The maximum atomic E-state index is 12.3. The van der Waals surface area contributed by atoms with Crippen molar-refractivity contribution in [2.24, 2.45) is 0 Å². The van der Waals surface area contributed by atoms with Gasteiger partial charge in [-0.15, -0.1) is 6.58 Å². The lowest BCUT2D eigenvalue weighted by Gasteiger charge is -2.21. The predicted molar refractivity (Wildman–Crippen MR) is 73.8 cm³/mol. The molecule has 5 heteroatoms. The van der Waals surface area contributed by atoms with Crippen molar-refractivity contribution in [3.05, 3.63) is 41.4 Å². The first kappa shape index (κ1) is 14.5. The van der Waals surface area contributed by atoms with Gasteiger partial charge in [0.1, 0.15) is 0 Å². The molecule has 0 bridgehead atoms. The van der Waals surface area contributed by atoms with E-state index in [4.69, 9.17) is 22.1 Å². The molecule has 0 aromatic heterocycles. The fourth-order valence-corrected chi connectivity index (χ4v) is 1.79. The van der Waals surface area contributed by atoms with E-state index in [1.54, 1.807) is 36.3 Å². The van der Waals surface area contributed by atoms with Crippen molar-refractivity contribution in [2.45, 2.75) is 0 Å². The zero-order chi connectivity index (χ0) is 13.5. The van der Waals surface area contributed by atoms with Crippen molar-refractivity contribution in [3.8, 4) is 0 Å². The highest BCUT2D eigenvalue weighted by Gasteiger charge is 2.15. The number of ether oxygens (including phenoxy) is 1. The number of methoxy groups -OCH3 is 1. The summed E-state index contributed by atoms with van der Waals surface area (Å²) in [5.74, 6) is -0.138. The van der Waals surface area contributed by atoms with Crippen molar-refractivity contribution in [1.82, 2.24) is 4.90 Å². The number of anilines is 1. The van der Waals surface area contributed by atoms with Gasteiger partial charge in [-0.2, -0.15) is 0 Å². The van der Waals surface area contributed by atoms with Gasteiger partial charge in [-0.3, -0.25) is 4.79 Å². The highest BCUT2D eigenvalue weighted by molar-refractivity contribution is 6.31. The summed E-state index contributed by atoms with van der Waals surface area (Å²) >= 11 is 5.88. The largest absolute Gasteiger partial charge is 0.399 e. The number of amides is 1. The summed E-state index contributed by atoms with van der Waals surface area (Å²) in [6.07, 6.45) is 1.67. The quantitative estimate of drug-likeness (QED) is 0.636.